The number of para-hydroxylation sites is 1. The summed E-state index contributed by atoms with van der Waals surface area (Å²) in [6.45, 7) is 4.71. The number of hydrogen-bond donors (Lipinski definition) is 1. The van der Waals surface area contributed by atoms with E-state index in [9.17, 15) is 9.59 Å². The van der Waals surface area contributed by atoms with Crippen LogP contribution in [0.1, 0.15) is 25.8 Å². The van der Waals surface area contributed by atoms with Crippen LogP contribution in [-0.2, 0) is 16.0 Å². The fourth-order valence-corrected chi connectivity index (χ4v) is 2.65. The molecule has 1 aliphatic rings. The molecule has 5 nitrogen and oxygen atoms in total. The van der Waals surface area contributed by atoms with E-state index in [1.165, 1.54) is 12.7 Å². The van der Waals surface area contributed by atoms with E-state index < -0.39 is 12.1 Å². The Hall–Kier alpha value is -2.04. The fourth-order valence-electron chi connectivity index (χ4n) is 2.65. The van der Waals surface area contributed by atoms with E-state index >= 15 is 0 Å². The number of rotatable bonds is 4. The number of ether oxygens (including phenoxy) is 1. The predicted octanol–water partition coefficient (Wildman–Crippen LogP) is 2.35. The van der Waals surface area contributed by atoms with Gasteiger partial charge >= 0.3 is 6.09 Å². The zero-order valence-corrected chi connectivity index (χ0v) is 12.8. The Morgan fingerprint density at radius 1 is 1.33 bits per heavy atom. The van der Waals surface area contributed by atoms with Crippen molar-refractivity contribution in [3.8, 4) is 0 Å². The van der Waals surface area contributed by atoms with Gasteiger partial charge in [-0.25, -0.2) is 4.79 Å². The van der Waals surface area contributed by atoms with E-state index in [4.69, 9.17) is 0 Å². The van der Waals surface area contributed by atoms with Crippen molar-refractivity contribution in [3.05, 3.63) is 29.8 Å². The maximum atomic E-state index is 12.8. The fraction of sp³-hybridized carbons (Fsp3) is 0.500. The number of methoxy groups -OCH3 is 1. The Balaban J connectivity index is 2.16. The second kappa shape index (κ2) is 6.61. The smallest absolute Gasteiger partial charge is 0.407 e. The maximum absolute atomic E-state index is 12.8. The van der Waals surface area contributed by atoms with Gasteiger partial charge in [-0.2, -0.15) is 0 Å². The van der Waals surface area contributed by atoms with Gasteiger partial charge < -0.3 is 15.0 Å². The van der Waals surface area contributed by atoms with E-state index in [-0.39, 0.29) is 5.91 Å². The number of anilines is 1. The first kappa shape index (κ1) is 15.4. The lowest BCUT2D eigenvalue weighted by molar-refractivity contribution is -0.120. The zero-order valence-electron chi connectivity index (χ0n) is 12.8. The molecule has 0 spiro atoms. The van der Waals surface area contributed by atoms with Crippen LogP contribution in [0.5, 0.6) is 0 Å². The number of hydrogen-bond acceptors (Lipinski definition) is 3. The van der Waals surface area contributed by atoms with Crippen LogP contribution in [0, 0.1) is 5.92 Å². The van der Waals surface area contributed by atoms with Gasteiger partial charge in [-0.1, -0.05) is 32.0 Å². The first-order valence-corrected chi connectivity index (χ1v) is 7.26. The summed E-state index contributed by atoms with van der Waals surface area (Å²) in [4.78, 5) is 26.0. The van der Waals surface area contributed by atoms with Gasteiger partial charge in [0.1, 0.15) is 6.04 Å². The van der Waals surface area contributed by atoms with Gasteiger partial charge in [0.15, 0.2) is 0 Å². The normalized spacial score (nSPS) is 14.8. The molecule has 2 amide bonds. The van der Waals surface area contributed by atoms with Crippen LogP contribution in [0.2, 0.25) is 0 Å². The van der Waals surface area contributed by atoms with Crippen LogP contribution >= 0.6 is 0 Å². The van der Waals surface area contributed by atoms with Crippen molar-refractivity contribution in [2.45, 2.75) is 32.7 Å². The lowest BCUT2D eigenvalue weighted by atomic mass is 10.0. The van der Waals surface area contributed by atoms with Gasteiger partial charge in [0.2, 0.25) is 5.91 Å². The number of nitrogens with zero attached hydrogens (tertiary/aromatic N) is 1. The van der Waals surface area contributed by atoms with Crippen LogP contribution in [0.25, 0.3) is 0 Å². The molecule has 1 heterocycles. The van der Waals surface area contributed by atoms with Crippen molar-refractivity contribution < 1.29 is 14.3 Å². The summed E-state index contributed by atoms with van der Waals surface area (Å²) >= 11 is 0. The molecule has 2 rings (SSSR count). The molecular formula is C16H22N2O3. The van der Waals surface area contributed by atoms with Crippen molar-refractivity contribution in [3.63, 3.8) is 0 Å². The molecule has 1 aromatic carbocycles. The Labute approximate surface area is 125 Å². The molecule has 1 atom stereocenters. The molecule has 0 bridgehead atoms. The monoisotopic (exact) mass is 290 g/mol. The van der Waals surface area contributed by atoms with E-state index in [1.54, 1.807) is 4.90 Å². The molecule has 0 radical (unpaired) electrons. The SMILES string of the molecule is COC(=O)N[C@@H](CC(C)C)C(=O)N1CCc2ccccc21. The minimum Gasteiger partial charge on any atom is -0.453 e. The predicted molar refractivity (Wildman–Crippen MR) is 81.3 cm³/mol. The summed E-state index contributed by atoms with van der Waals surface area (Å²) in [6.07, 6.45) is 0.877. The second-order valence-corrected chi connectivity index (χ2v) is 5.69. The number of benzene rings is 1. The van der Waals surface area contributed by atoms with Crippen LogP contribution in [0.4, 0.5) is 10.5 Å². The molecule has 21 heavy (non-hydrogen) atoms. The van der Waals surface area contributed by atoms with E-state index in [1.807, 2.05) is 38.1 Å². The van der Waals surface area contributed by atoms with Crippen LogP contribution in [0.3, 0.4) is 0 Å². The number of carbonyl (C=O) groups is 2. The topological polar surface area (TPSA) is 58.6 Å². The number of carbonyl (C=O) groups excluding carboxylic acids is 2. The van der Waals surface area contributed by atoms with E-state index in [0.29, 0.717) is 18.9 Å². The summed E-state index contributed by atoms with van der Waals surface area (Å²) in [5.74, 6) is 0.230. The van der Waals surface area contributed by atoms with Crippen molar-refractivity contribution in [2.75, 3.05) is 18.6 Å². The highest BCUT2D eigenvalue weighted by Crippen LogP contribution is 2.28. The third-order valence-electron chi connectivity index (χ3n) is 3.64. The Kier molecular flexibility index (Phi) is 4.83. The Morgan fingerprint density at radius 2 is 2.05 bits per heavy atom. The zero-order chi connectivity index (χ0) is 15.4. The third kappa shape index (κ3) is 3.54. The lowest BCUT2D eigenvalue weighted by Gasteiger charge is -2.25. The molecule has 1 aliphatic heterocycles. The molecule has 0 saturated carbocycles. The van der Waals surface area contributed by atoms with Crippen LogP contribution in [0.15, 0.2) is 24.3 Å². The summed E-state index contributed by atoms with van der Waals surface area (Å²) in [6, 6.07) is 7.34. The van der Waals surface area contributed by atoms with E-state index in [2.05, 4.69) is 10.1 Å². The van der Waals surface area contributed by atoms with Gasteiger partial charge in [0.05, 0.1) is 7.11 Å². The average molecular weight is 290 g/mol. The van der Waals surface area contributed by atoms with Gasteiger partial charge in [-0.05, 0) is 30.4 Å². The Bertz CT molecular complexity index is 528. The van der Waals surface area contributed by atoms with Crippen LogP contribution < -0.4 is 10.2 Å². The molecule has 0 fully saturated rings. The first-order valence-electron chi connectivity index (χ1n) is 7.26. The van der Waals surface area contributed by atoms with Gasteiger partial charge in [-0.15, -0.1) is 0 Å². The Morgan fingerprint density at radius 3 is 2.71 bits per heavy atom. The van der Waals surface area contributed by atoms with Gasteiger partial charge in [-0.3, -0.25) is 4.79 Å². The number of alkyl carbamates (subject to hydrolysis) is 1. The van der Waals surface area contributed by atoms with Gasteiger partial charge in [0.25, 0.3) is 0 Å². The minimum atomic E-state index is -0.568. The summed E-state index contributed by atoms with van der Waals surface area (Å²) < 4.78 is 4.62. The molecular weight excluding hydrogens is 268 g/mol. The molecule has 5 heteroatoms. The highest BCUT2D eigenvalue weighted by Gasteiger charge is 2.31. The van der Waals surface area contributed by atoms with E-state index in [0.717, 1.165) is 12.1 Å². The maximum Gasteiger partial charge on any atom is 0.407 e. The molecule has 1 N–H and O–H groups in total. The summed E-state index contributed by atoms with van der Waals surface area (Å²) in [5.41, 5.74) is 2.12. The van der Waals surface area contributed by atoms with Crippen LogP contribution in [-0.4, -0.2) is 31.7 Å². The van der Waals surface area contributed by atoms with Crippen molar-refractivity contribution in [1.29, 1.82) is 0 Å². The minimum absolute atomic E-state index is 0.0703. The molecule has 0 aliphatic carbocycles. The summed E-state index contributed by atoms with van der Waals surface area (Å²) in [5, 5.41) is 2.65. The highest BCUT2D eigenvalue weighted by atomic mass is 16.5. The van der Waals surface area contributed by atoms with Crippen molar-refractivity contribution in [1.82, 2.24) is 5.32 Å². The molecule has 0 saturated heterocycles. The van der Waals surface area contributed by atoms with Crippen molar-refractivity contribution >= 4 is 17.7 Å². The number of nitrogens with one attached hydrogen (secondary N) is 1. The number of fused-ring (bicyclic) bond motifs is 1. The summed E-state index contributed by atoms with van der Waals surface area (Å²) in [7, 11) is 1.30. The van der Waals surface area contributed by atoms with Gasteiger partial charge in [0, 0.05) is 12.2 Å². The molecule has 0 aromatic heterocycles. The second-order valence-electron chi connectivity index (χ2n) is 5.69. The third-order valence-corrected chi connectivity index (χ3v) is 3.64. The van der Waals surface area contributed by atoms with Crippen molar-refractivity contribution in [2.24, 2.45) is 5.92 Å². The molecule has 1 aromatic rings. The standard InChI is InChI=1S/C16H22N2O3/c1-11(2)10-13(17-16(20)21-3)15(19)18-9-8-12-6-4-5-7-14(12)18/h4-7,11,13H,8-10H2,1-3H3,(H,17,20)/t13-/m0/s1. The number of amides is 2. The lowest BCUT2D eigenvalue weighted by Crippen LogP contribution is -2.48. The molecule has 0 unspecified atom stereocenters. The highest BCUT2D eigenvalue weighted by molar-refractivity contribution is 6.00. The molecule has 114 valence electrons. The largest absolute Gasteiger partial charge is 0.453 e. The average Bonchev–Trinajstić information content (AvgIpc) is 2.89. The first-order chi connectivity index (χ1) is 10.0. The quantitative estimate of drug-likeness (QED) is 0.926.